The van der Waals surface area contributed by atoms with Gasteiger partial charge in [0.15, 0.2) is 28.6 Å². The molecule has 39 heavy (non-hydrogen) atoms. The minimum atomic E-state index is -1.05. The standard InChI is InChI=1S/C31H45NO7/c1-21(2)31(38-8,15-17-32(3)16-14-22-12-13-26(34-4)27(18-22)35-5)30(33)39-25-11-9-10-23-19-28(36-6)29(37-7)20-24(23)25/h12-13,18-21,25H,9-11,14-17H2,1-8H3/t25-,31-/m0/s1. The molecule has 2 aromatic carbocycles. The first kappa shape index (κ1) is 30.6. The number of aryl methyl sites for hydroxylation is 1. The molecule has 216 valence electrons. The Kier molecular flexibility index (Phi) is 10.9. The lowest BCUT2D eigenvalue weighted by atomic mass is 9.85. The summed E-state index contributed by atoms with van der Waals surface area (Å²) in [6, 6.07) is 9.91. The highest BCUT2D eigenvalue weighted by atomic mass is 16.6. The van der Waals surface area contributed by atoms with Crippen molar-refractivity contribution in [3.05, 3.63) is 47.0 Å². The zero-order chi connectivity index (χ0) is 28.6. The van der Waals surface area contributed by atoms with E-state index >= 15 is 0 Å². The number of hydrogen-bond donors (Lipinski definition) is 0. The van der Waals surface area contributed by atoms with Crippen LogP contribution in [0.1, 0.15) is 55.9 Å². The van der Waals surface area contributed by atoms with E-state index in [2.05, 4.69) is 11.9 Å². The molecule has 2 aromatic rings. The van der Waals surface area contributed by atoms with E-state index in [1.54, 1.807) is 35.5 Å². The van der Waals surface area contributed by atoms with Crippen LogP contribution in [0, 0.1) is 5.92 Å². The van der Waals surface area contributed by atoms with Crippen LogP contribution in [-0.2, 0) is 27.1 Å². The van der Waals surface area contributed by atoms with Crippen LogP contribution in [0.4, 0.5) is 0 Å². The first-order valence-electron chi connectivity index (χ1n) is 13.6. The highest BCUT2D eigenvalue weighted by molar-refractivity contribution is 5.80. The first-order chi connectivity index (χ1) is 18.7. The first-order valence-corrected chi connectivity index (χ1v) is 13.6. The Balaban J connectivity index is 1.69. The van der Waals surface area contributed by atoms with Gasteiger partial charge in [0.2, 0.25) is 0 Å². The number of carbonyl (C=O) groups is 1. The van der Waals surface area contributed by atoms with Gasteiger partial charge in [-0.15, -0.1) is 0 Å². The third-order valence-corrected chi connectivity index (χ3v) is 7.89. The topological polar surface area (TPSA) is 75.7 Å². The summed E-state index contributed by atoms with van der Waals surface area (Å²) in [7, 11) is 10.2. The average Bonchev–Trinajstić information content (AvgIpc) is 2.95. The molecule has 0 saturated heterocycles. The van der Waals surface area contributed by atoms with Gasteiger partial charge in [-0.3, -0.25) is 0 Å². The van der Waals surface area contributed by atoms with Crippen molar-refractivity contribution in [1.82, 2.24) is 4.90 Å². The Bertz CT molecular complexity index is 1100. The molecule has 0 fully saturated rings. The molecule has 1 aliphatic carbocycles. The molecule has 0 unspecified atom stereocenters. The predicted molar refractivity (Wildman–Crippen MR) is 151 cm³/mol. The minimum Gasteiger partial charge on any atom is -0.493 e. The SMILES string of the molecule is COc1ccc(CCN(C)CC[C@@](OC)(C(=O)O[C@H]2CCCc3cc(OC)c(OC)cc32)C(C)C)cc1OC. The van der Waals surface area contributed by atoms with Crippen LogP contribution in [0.15, 0.2) is 30.3 Å². The molecule has 2 atom stereocenters. The van der Waals surface area contributed by atoms with Crippen LogP contribution >= 0.6 is 0 Å². The number of ether oxygens (including phenoxy) is 6. The van der Waals surface area contributed by atoms with Gasteiger partial charge in [0, 0.05) is 26.6 Å². The van der Waals surface area contributed by atoms with Crippen molar-refractivity contribution < 1.29 is 33.2 Å². The zero-order valence-electron chi connectivity index (χ0n) is 24.8. The molecule has 0 N–H and O–H groups in total. The van der Waals surface area contributed by atoms with E-state index in [1.807, 2.05) is 44.2 Å². The van der Waals surface area contributed by atoms with Crippen molar-refractivity contribution in [1.29, 1.82) is 0 Å². The van der Waals surface area contributed by atoms with E-state index in [4.69, 9.17) is 28.4 Å². The molecule has 8 nitrogen and oxygen atoms in total. The molecule has 0 saturated carbocycles. The molecule has 0 bridgehead atoms. The maximum absolute atomic E-state index is 13.8. The molecule has 0 radical (unpaired) electrons. The number of methoxy groups -OCH3 is 5. The van der Waals surface area contributed by atoms with Crippen molar-refractivity contribution in [2.24, 2.45) is 5.92 Å². The summed E-state index contributed by atoms with van der Waals surface area (Å²) >= 11 is 0. The van der Waals surface area contributed by atoms with Crippen molar-refractivity contribution in [2.45, 2.75) is 57.7 Å². The number of carbonyl (C=O) groups excluding carboxylic acids is 1. The van der Waals surface area contributed by atoms with Gasteiger partial charge in [0.25, 0.3) is 0 Å². The van der Waals surface area contributed by atoms with Crippen LogP contribution in [0.2, 0.25) is 0 Å². The highest BCUT2D eigenvalue weighted by Gasteiger charge is 2.45. The van der Waals surface area contributed by atoms with E-state index in [1.165, 1.54) is 0 Å². The number of nitrogens with zero attached hydrogens (tertiary/aromatic N) is 1. The fourth-order valence-electron chi connectivity index (χ4n) is 5.31. The second kappa shape index (κ2) is 13.9. The highest BCUT2D eigenvalue weighted by Crippen LogP contribution is 2.41. The Morgan fingerprint density at radius 2 is 1.56 bits per heavy atom. The largest absolute Gasteiger partial charge is 0.493 e. The van der Waals surface area contributed by atoms with Crippen LogP contribution < -0.4 is 18.9 Å². The van der Waals surface area contributed by atoms with Crippen molar-refractivity contribution >= 4 is 5.97 Å². The fraction of sp³-hybridized carbons (Fsp3) is 0.581. The zero-order valence-corrected chi connectivity index (χ0v) is 24.8. The van der Waals surface area contributed by atoms with Gasteiger partial charge < -0.3 is 33.3 Å². The third kappa shape index (κ3) is 6.97. The van der Waals surface area contributed by atoms with Gasteiger partial charge in [0.05, 0.1) is 28.4 Å². The van der Waals surface area contributed by atoms with Gasteiger partial charge in [0.1, 0.15) is 6.10 Å². The average molecular weight is 544 g/mol. The minimum absolute atomic E-state index is 0.0669. The Hall–Kier alpha value is -2.97. The van der Waals surface area contributed by atoms with Crippen LogP contribution in [0.3, 0.4) is 0 Å². The van der Waals surface area contributed by atoms with Gasteiger partial charge in [-0.05, 0) is 79.6 Å². The van der Waals surface area contributed by atoms with Crippen LogP contribution in [0.25, 0.3) is 0 Å². The van der Waals surface area contributed by atoms with Gasteiger partial charge in [-0.1, -0.05) is 19.9 Å². The lowest BCUT2D eigenvalue weighted by Crippen LogP contribution is -2.49. The number of rotatable bonds is 14. The monoisotopic (exact) mass is 543 g/mol. The summed E-state index contributed by atoms with van der Waals surface area (Å²) in [5.74, 6) is 2.38. The molecular weight excluding hydrogens is 498 g/mol. The number of benzene rings is 2. The third-order valence-electron chi connectivity index (χ3n) is 7.89. The molecule has 0 amide bonds. The Labute approximate surface area is 233 Å². The van der Waals surface area contributed by atoms with Gasteiger partial charge in [-0.25, -0.2) is 4.79 Å². The summed E-state index contributed by atoms with van der Waals surface area (Å²) < 4.78 is 33.9. The molecule has 8 heteroatoms. The van der Waals surface area contributed by atoms with Crippen molar-refractivity contribution in [2.75, 3.05) is 55.7 Å². The van der Waals surface area contributed by atoms with Crippen LogP contribution in [-0.4, -0.2) is 72.2 Å². The molecule has 1 aliphatic rings. The quantitative estimate of drug-likeness (QED) is 0.299. The molecule has 3 rings (SSSR count). The lowest BCUT2D eigenvalue weighted by Gasteiger charge is -2.37. The summed E-state index contributed by atoms with van der Waals surface area (Å²) in [5.41, 5.74) is 2.21. The van der Waals surface area contributed by atoms with E-state index < -0.39 is 5.60 Å². The number of fused-ring (bicyclic) bond motifs is 1. The second-order valence-corrected chi connectivity index (χ2v) is 10.4. The summed E-state index contributed by atoms with van der Waals surface area (Å²) in [5, 5.41) is 0. The summed E-state index contributed by atoms with van der Waals surface area (Å²) in [6.07, 6.45) is 3.62. The van der Waals surface area contributed by atoms with Gasteiger partial charge in [-0.2, -0.15) is 0 Å². The van der Waals surface area contributed by atoms with Crippen LogP contribution in [0.5, 0.6) is 23.0 Å². The smallest absolute Gasteiger partial charge is 0.339 e. The number of likely N-dealkylation sites (N-methyl/N-ethyl adjacent to an activating group) is 1. The Morgan fingerprint density at radius 1 is 0.923 bits per heavy atom. The molecule has 0 aromatic heterocycles. The predicted octanol–water partition coefficient (Wildman–Crippen LogP) is 5.25. The van der Waals surface area contributed by atoms with Crippen molar-refractivity contribution in [3.63, 3.8) is 0 Å². The second-order valence-electron chi connectivity index (χ2n) is 10.4. The van der Waals surface area contributed by atoms with E-state index in [-0.39, 0.29) is 18.0 Å². The maximum atomic E-state index is 13.8. The van der Waals surface area contributed by atoms with Gasteiger partial charge >= 0.3 is 5.97 Å². The molecule has 0 spiro atoms. The molecular formula is C31H45NO7. The molecule has 0 aliphatic heterocycles. The Morgan fingerprint density at radius 3 is 2.18 bits per heavy atom. The number of esters is 1. The van der Waals surface area contributed by atoms with E-state index in [0.717, 1.165) is 54.7 Å². The fourth-order valence-corrected chi connectivity index (χ4v) is 5.31. The van der Waals surface area contributed by atoms with E-state index in [0.29, 0.717) is 30.2 Å². The van der Waals surface area contributed by atoms with Crippen molar-refractivity contribution in [3.8, 4) is 23.0 Å². The maximum Gasteiger partial charge on any atom is 0.339 e. The number of hydrogen-bond acceptors (Lipinski definition) is 8. The summed E-state index contributed by atoms with van der Waals surface area (Å²) in [6.45, 7) is 5.52. The lowest BCUT2D eigenvalue weighted by molar-refractivity contribution is -0.183. The normalized spacial score (nSPS) is 16.4. The van der Waals surface area contributed by atoms with E-state index in [9.17, 15) is 4.79 Å². The molecule has 0 heterocycles. The summed E-state index contributed by atoms with van der Waals surface area (Å²) in [4.78, 5) is 16.0.